The number of alkyl carbamates (subject to hydrolysis) is 1. The van der Waals surface area contributed by atoms with E-state index in [4.69, 9.17) is 14.9 Å². The highest BCUT2D eigenvalue weighted by atomic mass is 32.2. The molecule has 1 aliphatic rings. The Morgan fingerprint density at radius 1 is 0.977 bits per heavy atom. The third-order valence-corrected chi connectivity index (χ3v) is 8.16. The van der Waals surface area contributed by atoms with Gasteiger partial charge in [0.1, 0.15) is 18.2 Å². The van der Waals surface area contributed by atoms with Crippen molar-refractivity contribution in [2.75, 3.05) is 13.7 Å². The van der Waals surface area contributed by atoms with Gasteiger partial charge in [-0.25, -0.2) is 13.2 Å². The number of carbonyl (C=O) groups excluding carboxylic acids is 3. The van der Waals surface area contributed by atoms with Crippen molar-refractivity contribution in [3.8, 4) is 5.75 Å². The lowest BCUT2D eigenvalue weighted by Crippen LogP contribution is -2.49. The number of hydrogen-bond donors (Lipinski definition) is 4. The number of amidine groups is 1. The van der Waals surface area contributed by atoms with E-state index in [1.165, 1.54) is 25.3 Å². The zero-order chi connectivity index (χ0) is 31.7. The highest BCUT2D eigenvalue weighted by Gasteiger charge is 2.30. The van der Waals surface area contributed by atoms with Crippen LogP contribution in [0.5, 0.6) is 5.75 Å². The fraction of sp³-hybridized carbons (Fsp3) is 0.226. The highest BCUT2D eigenvalue weighted by molar-refractivity contribution is 7.89. The Morgan fingerprint density at radius 3 is 2.41 bits per heavy atom. The summed E-state index contributed by atoms with van der Waals surface area (Å²) in [6.07, 6.45) is -0.570. The fourth-order valence-corrected chi connectivity index (χ4v) is 5.40. The zero-order valence-electron chi connectivity index (χ0n) is 24.3. The molecule has 0 aliphatic carbocycles. The van der Waals surface area contributed by atoms with Crippen LogP contribution in [0.3, 0.4) is 0 Å². The molecule has 0 spiro atoms. The maximum atomic E-state index is 13.1. The Kier molecular flexibility index (Phi) is 10.5. The second-order valence-electron chi connectivity index (χ2n) is 9.95. The van der Waals surface area contributed by atoms with Gasteiger partial charge in [0.25, 0.3) is 15.9 Å². The van der Waals surface area contributed by atoms with Crippen LogP contribution in [0, 0.1) is 5.41 Å². The molecule has 3 aromatic carbocycles. The monoisotopic (exact) mass is 619 g/mol. The van der Waals surface area contributed by atoms with Crippen molar-refractivity contribution >= 4 is 33.8 Å². The van der Waals surface area contributed by atoms with Crippen molar-refractivity contribution in [3.63, 3.8) is 0 Å². The molecule has 4 N–H and O–H groups in total. The van der Waals surface area contributed by atoms with Gasteiger partial charge in [-0.15, -0.1) is 4.83 Å². The first-order valence-electron chi connectivity index (χ1n) is 13.6. The molecule has 0 unspecified atom stereocenters. The second-order valence-corrected chi connectivity index (χ2v) is 11.6. The van der Waals surface area contributed by atoms with Crippen molar-refractivity contribution < 1.29 is 32.3 Å². The van der Waals surface area contributed by atoms with Gasteiger partial charge in [-0.05, 0) is 36.6 Å². The molecule has 4 rings (SSSR count). The molecule has 1 heterocycles. The van der Waals surface area contributed by atoms with E-state index in [9.17, 15) is 22.8 Å². The van der Waals surface area contributed by atoms with Gasteiger partial charge < -0.3 is 14.8 Å². The number of hydrogen-bond acceptors (Lipinski definition) is 8. The molecule has 0 saturated heterocycles. The first-order valence-corrected chi connectivity index (χ1v) is 15.1. The quantitative estimate of drug-likeness (QED) is 0.189. The molecule has 44 heavy (non-hydrogen) atoms. The first-order chi connectivity index (χ1) is 21.1. The average Bonchev–Trinajstić information content (AvgIpc) is 3.03. The molecule has 0 radical (unpaired) electrons. The average molecular weight is 620 g/mol. The number of amides is 3. The Bertz CT molecular complexity index is 1670. The van der Waals surface area contributed by atoms with Gasteiger partial charge >= 0.3 is 6.09 Å². The van der Waals surface area contributed by atoms with Gasteiger partial charge in [0.05, 0.1) is 18.4 Å². The van der Waals surface area contributed by atoms with Crippen molar-refractivity contribution in [1.29, 1.82) is 5.41 Å². The van der Waals surface area contributed by atoms with Crippen molar-refractivity contribution in [3.05, 3.63) is 107 Å². The van der Waals surface area contributed by atoms with E-state index < -0.39 is 27.9 Å². The molecular weight excluding hydrogens is 586 g/mol. The summed E-state index contributed by atoms with van der Waals surface area (Å²) >= 11 is 0. The van der Waals surface area contributed by atoms with Gasteiger partial charge in [0.15, 0.2) is 0 Å². The highest BCUT2D eigenvalue weighted by Crippen LogP contribution is 2.23. The molecule has 1 aliphatic heterocycles. The van der Waals surface area contributed by atoms with E-state index in [-0.39, 0.29) is 42.4 Å². The molecule has 0 saturated carbocycles. The van der Waals surface area contributed by atoms with Crippen LogP contribution < -0.4 is 20.2 Å². The third-order valence-electron chi connectivity index (χ3n) is 6.82. The molecule has 3 aromatic rings. The number of benzene rings is 3. The SMILES string of the molecule is COc1cccc(S(=O)(=O)NN2CCC(C)=C(CC(=O)NCc3ccc(C(=N)NC(=O)OCc4ccccc4)cc3)C2=O)c1. The lowest BCUT2D eigenvalue weighted by Gasteiger charge is -2.29. The van der Waals surface area contributed by atoms with Gasteiger partial charge in [-0.1, -0.05) is 66.2 Å². The van der Waals surface area contributed by atoms with Crippen LogP contribution in [0.2, 0.25) is 0 Å². The minimum absolute atomic E-state index is 0.0600. The van der Waals surface area contributed by atoms with E-state index in [2.05, 4.69) is 15.5 Å². The Balaban J connectivity index is 1.27. The van der Waals surface area contributed by atoms with E-state index in [1.54, 1.807) is 37.3 Å². The molecular formula is C31H33N5O7S. The summed E-state index contributed by atoms with van der Waals surface area (Å²) in [7, 11) is -2.64. The summed E-state index contributed by atoms with van der Waals surface area (Å²) in [5.41, 5.74) is 2.93. The number of hydrazine groups is 1. The molecule has 12 nitrogen and oxygen atoms in total. The molecule has 0 fully saturated rings. The lowest BCUT2D eigenvalue weighted by molar-refractivity contribution is -0.131. The summed E-state index contributed by atoms with van der Waals surface area (Å²) in [6, 6.07) is 21.7. The molecule has 13 heteroatoms. The lowest BCUT2D eigenvalue weighted by atomic mass is 9.98. The van der Waals surface area contributed by atoms with Gasteiger partial charge in [0.2, 0.25) is 5.91 Å². The smallest absolute Gasteiger partial charge is 0.413 e. The van der Waals surface area contributed by atoms with Crippen LogP contribution in [0.1, 0.15) is 36.5 Å². The van der Waals surface area contributed by atoms with E-state index in [1.807, 2.05) is 30.3 Å². The minimum atomic E-state index is -4.07. The van der Waals surface area contributed by atoms with Crippen molar-refractivity contribution in [1.82, 2.24) is 20.5 Å². The van der Waals surface area contributed by atoms with E-state index in [0.717, 1.165) is 16.1 Å². The van der Waals surface area contributed by atoms with E-state index >= 15 is 0 Å². The predicted octanol–water partition coefficient (Wildman–Crippen LogP) is 3.40. The number of nitrogens with one attached hydrogen (secondary N) is 4. The number of carbonyl (C=O) groups is 3. The third kappa shape index (κ3) is 8.52. The molecule has 3 amide bonds. The van der Waals surface area contributed by atoms with Crippen LogP contribution in [0.4, 0.5) is 4.79 Å². The summed E-state index contributed by atoms with van der Waals surface area (Å²) in [5.74, 6) is -0.781. The maximum absolute atomic E-state index is 13.1. The van der Waals surface area contributed by atoms with Gasteiger partial charge in [-0.3, -0.25) is 25.3 Å². The standard InChI is InChI=1S/C31H33N5O7S/c1-21-15-16-36(35-44(40,41)26-10-6-9-25(17-26)42-2)30(38)27(21)18-28(37)33-19-22-11-13-24(14-12-22)29(32)34-31(39)43-20-23-7-4-3-5-8-23/h3-14,17,35H,15-16,18-20H2,1-2H3,(H,33,37)(H2,32,34,39). The fourth-order valence-electron chi connectivity index (χ4n) is 4.30. The number of ether oxygens (including phenoxy) is 2. The van der Waals surface area contributed by atoms with Crippen LogP contribution in [0.15, 0.2) is 94.9 Å². The summed E-state index contributed by atoms with van der Waals surface area (Å²) in [4.78, 5) is 40.2. The van der Waals surface area contributed by atoms with Crippen LogP contribution in [0.25, 0.3) is 0 Å². The Labute approximate surface area is 255 Å². The first kappa shape index (κ1) is 31.9. The van der Waals surface area contributed by atoms with Crippen molar-refractivity contribution in [2.45, 2.75) is 37.8 Å². The van der Waals surface area contributed by atoms with Crippen molar-refractivity contribution in [2.24, 2.45) is 0 Å². The molecule has 0 atom stereocenters. The molecule has 230 valence electrons. The predicted molar refractivity (Wildman–Crippen MR) is 162 cm³/mol. The van der Waals surface area contributed by atoms with E-state index in [0.29, 0.717) is 23.3 Å². The normalized spacial score (nSPS) is 13.3. The Hall–Kier alpha value is -5.01. The molecule has 0 aromatic heterocycles. The topological polar surface area (TPSA) is 167 Å². The minimum Gasteiger partial charge on any atom is -0.497 e. The second kappa shape index (κ2) is 14.4. The Morgan fingerprint density at radius 2 is 1.70 bits per heavy atom. The number of methoxy groups -OCH3 is 1. The van der Waals surface area contributed by atoms with Crippen LogP contribution in [-0.2, 0) is 37.5 Å². The zero-order valence-corrected chi connectivity index (χ0v) is 25.1. The number of nitrogens with zero attached hydrogens (tertiary/aromatic N) is 1. The number of sulfonamides is 1. The largest absolute Gasteiger partial charge is 0.497 e. The maximum Gasteiger partial charge on any atom is 0.413 e. The summed E-state index contributed by atoms with van der Waals surface area (Å²) in [5, 5.41) is 14.3. The molecule has 0 bridgehead atoms. The summed E-state index contributed by atoms with van der Waals surface area (Å²) < 4.78 is 36.0. The van der Waals surface area contributed by atoms with Crippen LogP contribution in [-0.4, -0.2) is 50.8 Å². The van der Waals surface area contributed by atoms with Crippen LogP contribution >= 0.6 is 0 Å². The van der Waals surface area contributed by atoms with Gasteiger partial charge in [0, 0.05) is 30.3 Å². The summed E-state index contributed by atoms with van der Waals surface area (Å²) in [6.45, 7) is 2.11. The number of rotatable bonds is 11. The van der Waals surface area contributed by atoms with Gasteiger partial charge in [-0.2, -0.15) is 0 Å².